The number of halogens is 4. The predicted octanol–water partition coefficient (Wildman–Crippen LogP) is 1.88. The van der Waals surface area contributed by atoms with E-state index in [4.69, 9.17) is 17.3 Å². The lowest BCUT2D eigenvalue weighted by molar-refractivity contribution is -0.155. The van der Waals surface area contributed by atoms with E-state index in [1.807, 2.05) is 5.32 Å². The number of amides is 1. The fourth-order valence-corrected chi connectivity index (χ4v) is 5.65. The number of nitrogens with one attached hydrogen (secondary N) is 1. The van der Waals surface area contributed by atoms with Gasteiger partial charge in [0.1, 0.15) is 17.7 Å². The van der Waals surface area contributed by atoms with Gasteiger partial charge in [0.15, 0.2) is 27.3 Å². The molecule has 11 nitrogen and oxygen atoms in total. The maximum atomic E-state index is 14.5. The van der Waals surface area contributed by atoms with Crippen LogP contribution in [-0.4, -0.2) is 69.1 Å². The molecule has 5 rings (SSSR count). The van der Waals surface area contributed by atoms with Gasteiger partial charge in [-0.15, -0.1) is 5.10 Å². The second kappa shape index (κ2) is 8.51. The SMILES string of the molecule is Nc1nn2cccnc2c1C(=O)NC(c1cc(Cl)c2cncn2c1N1CCS(=O)(=O)CC1)C(F)(F)F. The fraction of sp³-hybridized carbons (Fsp3) is 0.300. The van der Waals surface area contributed by atoms with Crippen molar-refractivity contribution in [2.24, 2.45) is 0 Å². The molecule has 4 aromatic heterocycles. The number of alkyl halides is 3. The second-order valence-electron chi connectivity index (χ2n) is 8.16. The van der Waals surface area contributed by atoms with Crippen LogP contribution in [0.5, 0.6) is 0 Å². The minimum atomic E-state index is -4.96. The number of imidazole rings is 1. The van der Waals surface area contributed by atoms with Gasteiger partial charge in [-0.2, -0.15) is 13.2 Å². The number of nitrogen functional groups attached to an aromatic ring is 1. The van der Waals surface area contributed by atoms with Crippen LogP contribution >= 0.6 is 11.6 Å². The van der Waals surface area contributed by atoms with Crippen molar-refractivity contribution in [2.45, 2.75) is 12.2 Å². The van der Waals surface area contributed by atoms with Gasteiger partial charge >= 0.3 is 6.18 Å². The van der Waals surface area contributed by atoms with Crippen LogP contribution in [0.15, 0.2) is 37.1 Å². The molecule has 1 aliphatic rings. The van der Waals surface area contributed by atoms with Gasteiger partial charge in [-0.1, -0.05) is 11.6 Å². The normalized spacial score (nSPS) is 16.9. The molecule has 1 saturated heterocycles. The Morgan fingerprint density at radius 1 is 1.25 bits per heavy atom. The maximum Gasteiger partial charge on any atom is 0.413 e. The largest absolute Gasteiger partial charge is 0.413 e. The molecular formula is C20H18ClF3N8O3S. The molecule has 36 heavy (non-hydrogen) atoms. The van der Waals surface area contributed by atoms with E-state index in [1.165, 1.54) is 44.8 Å². The number of sulfone groups is 1. The number of carbonyl (C=O) groups excluding carboxylic acids is 1. The van der Waals surface area contributed by atoms with Gasteiger partial charge < -0.3 is 16.0 Å². The molecule has 0 spiro atoms. The molecule has 0 saturated carbocycles. The van der Waals surface area contributed by atoms with Crippen molar-refractivity contribution < 1.29 is 26.4 Å². The molecule has 0 aliphatic carbocycles. The molecule has 1 aliphatic heterocycles. The van der Waals surface area contributed by atoms with Crippen molar-refractivity contribution >= 4 is 50.1 Å². The zero-order valence-corrected chi connectivity index (χ0v) is 19.8. The summed E-state index contributed by atoms with van der Waals surface area (Å²) in [5.74, 6) is -1.89. The quantitative estimate of drug-likeness (QED) is 0.398. The summed E-state index contributed by atoms with van der Waals surface area (Å²) in [6, 6.07) is 0.0983. The molecule has 1 amide bonds. The number of nitrogens with two attached hydrogens (primary N) is 1. The average molecular weight is 543 g/mol. The molecular weight excluding hydrogens is 525 g/mol. The summed E-state index contributed by atoms with van der Waals surface area (Å²) in [6.45, 7) is -0.0959. The van der Waals surface area contributed by atoms with E-state index in [1.54, 1.807) is 0 Å². The minimum Gasteiger partial charge on any atom is -0.381 e. The molecule has 3 N–H and O–H groups in total. The lowest BCUT2D eigenvalue weighted by Gasteiger charge is -2.33. The second-order valence-corrected chi connectivity index (χ2v) is 10.9. The molecule has 1 fully saturated rings. The summed E-state index contributed by atoms with van der Waals surface area (Å²) in [5, 5.41) is 5.90. The zero-order valence-electron chi connectivity index (χ0n) is 18.3. The van der Waals surface area contributed by atoms with Crippen molar-refractivity contribution in [3.63, 3.8) is 0 Å². The standard InChI is InChI=1S/C20H18ClF3N8O3S/c21-12-8-11(19(31-10-26-9-13(12)31)30-4-6-36(34,35)7-5-30)15(20(22,23)24)28-18(33)14-16(25)29-32-3-1-2-27-17(14)32/h1-3,8-10,15H,4-7H2,(H2,25,29)(H,28,33). The Morgan fingerprint density at radius 2 is 1.97 bits per heavy atom. The number of hydrogen-bond acceptors (Lipinski definition) is 8. The Labute approximate surface area is 206 Å². The first-order valence-electron chi connectivity index (χ1n) is 10.5. The summed E-state index contributed by atoms with van der Waals surface area (Å²) in [5.41, 5.74) is 5.44. The first-order chi connectivity index (χ1) is 17.0. The van der Waals surface area contributed by atoms with Gasteiger partial charge in [-0.25, -0.2) is 22.9 Å². The van der Waals surface area contributed by atoms with E-state index in [-0.39, 0.29) is 58.0 Å². The summed E-state index contributed by atoms with van der Waals surface area (Å²) in [6.07, 6.45) is 0.499. The smallest absolute Gasteiger partial charge is 0.381 e. The monoisotopic (exact) mass is 542 g/mol. The number of nitrogens with zero attached hydrogens (tertiary/aromatic N) is 6. The third-order valence-corrected chi connectivity index (χ3v) is 7.77. The first-order valence-corrected chi connectivity index (χ1v) is 12.7. The summed E-state index contributed by atoms with van der Waals surface area (Å²) < 4.78 is 69.9. The van der Waals surface area contributed by atoms with Crippen LogP contribution in [0, 0.1) is 0 Å². The summed E-state index contributed by atoms with van der Waals surface area (Å²) in [7, 11) is -3.32. The van der Waals surface area contributed by atoms with Gasteiger partial charge in [-0.05, 0) is 12.1 Å². The molecule has 1 unspecified atom stereocenters. The van der Waals surface area contributed by atoms with Gasteiger partial charge in [0.05, 0.1) is 28.2 Å². The van der Waals surface area contributed by atoms with Gasteiger partial charge in [-0.3, -0.25) is 9.20 Å². The lowest BCUT2D eigenvalue weighted by atomic mass is 10.0. The van der Waals surface area contributed by atoms with Crippen LogP contribution in [0.2, 0.25) is 5.02 Å². The highest BCUT2D eigenvalue weighted by atomic mass is 35.5. The van der Waals surface area contributed by atoms with Crippen molar-refractivity contribution in [1.82, 2.24) is 29.3 Å². The van der Waals surface area contributed by atoms with E-state index < -0.39 is 28.0 Å². The number of pyridine rings is 1. The van der Waals surface area contributed by atoms with Crippen LogP contribution in [0.3, 0.4) is 0 Å². The molecule has 16 heteroatoms. The number of aromatic nitrogens is 5. The zero-order chi connectivity index (χ0) is 25.8. The van der Waals surface area contributed by atoms with E-state index in [0.29, 0.717) is 5.52 Å². The van der Waals surface area contributed by atoms with Gasteiger partial charge in [0.2, 0.25) is 0 Å². The average Bonchev–Trinajstić information content (AvgIpc) is 3.41. The Hall–Kier alpha value is -3.59. The molecule has 0 bridgehead atoms. The molecule has 1 atom stereocenters. The third kappa shape index (κ3) is 4.17. The molecule has 5 heterocycles. The van der Waals surface area contributed by atoms with E-state index >= 15 is 0 Å². The highest BCUT2D eigenvalue weighted by Gasteiger charge is 2.45. The van der Waals surface area contributed by atoms with E-state index in [2.05, 4.69) is 15.1 Å². The minimum absolute atomic E-state index is 0.0158. The van der Waals surface area contributed by atoms with Crippen molar-refractivity contribution in [3.05, 3.63) is 53.2 Å². The summed E-state index contributed by atoms with van der Waals surface area (Å²) >= 11 is 6.29. The Balaban J connectivity index is 1.63. The summed E-state index contributed by atoms with van der Waals surface area (Å²) in [4.78, 5) is 22.6. The maximum absolute atomic E-state index is 14.5. The highest BCUT2D eigenvalue weighted by Crippen LogP contribution is 2.41. The first kappa shape index (κ1) is 24.1. The van der Waals surface area contributed by atoms with Crippen LogP contribution in [-0.2, 0) is 9.84 Å². The third-order valence-electron chi connectivity index (χ3n) is 5.86. The Kier molecular flexibility index (Phi) is 5.70. The van der Waals surface area contributed by atoms with Crippen LogP contribution in [0.25, 0.3) is 11.2 Å². The number of rotatable bonds is 4. The lowest BCUT2D eigenvalue weighted by Crippen LogP contribution is -2.44. The van der Waals surface area contributed by atoms with E-state index in [0.717, 1.165) is 6.07 Å². The molecule has 190 valence electrons. The van der Waals surface area contributed by atoms with E-state index in [9.17, 15) is 26.4 Å². The molecule has 0 aromatic carbocycles. The number of hydrogen-bond donors (Lipinski definition) is 2. The number of fused-ring (bicyclic) bond motifs is 2. The predicted molar refractivity (Wildman–Crippen MR) is 125 cm³/mol. The number of carbonyl (C=O) groups is 1. The van der Waals surface area contributed by atoms with Crippen LogP contribution < -0.4 is 16.0 Å². The molecule has 4 aromatic rings. The highest BCUT2D eigenvalue weighted by molar-refractivity contribution is 7.91. The molecule has 0 radical (unpaired) electrons. The van der Waals surface area contributed by atoms with Gasteiger partial charge in [0, 0.05) is 31.0 Å². The van der Waals surface area contributed by atoms with Crippen molar-refractivity contribution in [3.8, 4) is 0 Å². The fourth-order valence-electron chi connectivity index (χ4n) is 4.19. The number of anilines is 2. The Bertz CT molecular complexity index is 1590. The van der Waals surface area contributed by atoms with Crippen molar-refractivity contribution in [2.75, 3.05) is 35.2 Å². The van der Waals surface area contributed by atoms with Crippen LogP contribution in [0.1, 0.15) is 22.0 Å². The van der Waals surface area contributed by atoms with Crippen molar-refractivity contribution in [1.29, 1.82) is 0 Å². The van der Waals surface area contributed by atoms with Gasteiger partial charge in [0.25, 0.3) is 5.91 Å². The topological polar surface area (TPSA) is 140 Å². The van der Waals surface area contributed by atoms with Crippen LogP contribution in [0.4, 0.5) is 24.8 Å². The Morgan fingerprint density at radius 3 is 2.67 bits per heavy atom.